The van der Waals surface area contributed by atoms with Crippen molar-refractivity contribution < 1.29 is 32.3 Å². The number of nitrogens with zero attached hydrogens (tertiary/aromatic N) is 4. The number of hydrogen-bond donors (Lipinski definition) is 0. The summed E-state index contributed by atoms with van der Waals surface area (Å²) in [6, 6.07) is 38.0. The molecule has 0 bridgehead atoms. The smallest absolute Gasteiger partial charge is 0.0579 e. The molecule has 0 radical (unpaired) electrons. The van der Waals surface area contributed by atoms with Crippen LogP contribution in [-0.4, -0.2) is 18.7 Å². The third-order valence-electron chi connectivity index (χ3n) is 10.2. The van der Waals surface area contributed by atoms with Crippen LogP contribution in [0.4, 0.5) is 0 Å². The molecule has 52 heavy (non-hydrogen) atoms. The van der Waals surface area contributed by atoms with E-state index in [1.165, 1.54) is 15.7 Å². The first kappa shape index (κ1) is 26.7. The number of aromatic nitrogens is 4. The minimum atomic E-state index is -2.40. The molecule has 1 aliphatic carbocycles. The van der Waals surface area contributed by atoms with Crippen molar-refractivity contribution in [2.24, 2.45) is 6.98 Å². The minimum Gasteiger partial charge on any atom is -0.0579 e. The van der Waals surface area contributed by atoms with E-state index < -0.39 is 13.8 Å². The van der Waals surface area contributed by atoms with Crippen molar-refractivity contribution in [3.63, 3.8) is 0 Å². The number of fused-ring (bicyclic) bond motifs is 5. The van der Waals surface area contributed by atoms with Crippen LogP contribution >= 0.6 is 0 Å². The average Bonchev–Trinajstić information content (AvgIpc) is 3.66. The molecule has 0 N–H and O–H groups in total. The van der Waals surface area contributed by atoms with Crippen molar-refractivity contribution in [3.8, 4) is 34.1 Å². The summed E-state index contributed by atoms with van der Waals surface area (Å²) in [5.74, 6) is 1.34. The predicted octanol–water partition coefficient (Wildman–Crippen LogP) is 11.1. The molecule has 0 saturated heterocycles. The topological polar surface area (TPSA) is 36.9 Å². The monoisotopic (exact) mass is 865 g/mol. The van der Waals surface area contributed by atoms with Gasteiger partial charge in [-0.15, -0.1) is 0 Å². The second-order valence-electron chi connectivity index (χ2n) is 14.6. The van der Waals surface area contributed by atoms with E-state index in [0.29, 0.717) is 43.4 Å². The Kier molecular flexibility index (Phi) is 6.48. The van der Waals surface area contributed by atoms with E-state index in [1.807, 2.05) is 83.1 Å². The second-order valence-corrected chi connectivity index (χ2v) is 15.6. The SMILES string of the molecule is [2H]C([2H])([2H])c1cc(-n2c3[c-]c(Oc4[c-]c(-n5[c](=[Pt])n(C([2H])([2H])[2H])c6ccccc65)ccc4)ccc3c3cc4c(cc32)CCCC4)ncc1-c1ccc(C(C)(C)C)cc1. The van der Waals surface area contributed by atoms with Gasteiger partial charge in [0.25, 0.3) is 0 Å². The van der Waals surface area contributed by atoms with Crippen LogP contribution in [0.25, 0.3) is 55.5 Å². The number of para-hydroxylation sites is 2. The van der Waals surface area contributed by atoms with E-state index in [4.69, 9.17) is 17.9 Å². The van der Waals surface area contributed by atoms with Crippen LogP contribution in [0.2, 0.25) is 0 Å². The van der Waals surface area contributed by atoms with Crippen molar-refractivity contribution in [1.29, 1.82) is 0 Å². The van der Waals surface area contributed by atoms with Gasteiger partial charge in [-0.05, 0) is 65.8 Å². The van der Waals surface area contributed by atoms with Gasteiger partial charge in [0.15, 0.2) is 0 Å². The normalized spacial score (nSPS) is 15.5. The Morgan fingerprint density at radius 2 is 1.54 bits per heavy atom. The molecule has 0 saturated carbocycles. The van der Waals surface area contributed by atoms with Gasteiger partial charge in [0, 0.05) is 15.9 Å². The maximum absolute atomic E-state index is 8.64. The average molecular weight is 866 g/mol. The number of ether oxygens (including phenoxy) is 1. The van der Waals surface area contributed by atoms with E-state index in [-0.39, 0.29) is 11.0 Å². The summed E-state index contributed by atoms with van der Waals surface area (Å²) < 4.78 is 62.8. The Morgan fingerprint density at radius 1 is 0.769 bits per heavy atom. The fourth-order valence-electron chi connectivity index (χ4n) is 7.49. The van der Waals surface area contributed by atoms with E-state index in [2.05, 4.69) is 57.2 Å². The Balaban J connectivity index is 1.18. The van der Waals surface area contributed by atoms with E-state index in [9.17, 15) is 0 Å². The van der Waals surface area contributed by atoms with Gasteiger partial charge in [0.05, 0.1) is 0 Å². The van der Waals surface area contributed by atoms with Crippen molar-refractivity contribution in [1.82, 2.24) is 18.7 Å². The zero-order valence-electron chi connectivity index (χ0n) is 35.2. The molecule has 0 amide bonds. The molecular formula is C46H40N4OPt-2. The summed E-state index contributed by atoms with van der Waals surface area (Å²) in [6.07, 6.45) is 5.95. The molecule has 3 aromatic heterocycles. The van der Waals surface area contributed by atoms with Gasteiger partial charge in [-0.3, -0.25) is 0 Å². The molecule has 0 aliphatic heterocycles. The Labute approximate surface area is 324 Å². The number of benzene rings is 5. The molecule has 0 atom stereocenters. The quantitative estimate of drug-likeness (QED) is 0.162. The van der Waals surface area contributed by atoms with Gasteiger partial charge >= 0.3 is 198 Å². The number of rotatable bonds is 5. The fraction of sp³-hybridized carbons (Fsp3) is 0.217. The van der Waals surface area contributed by atoms with Crippen LogP contribution in [-0.2, 0) is 44.6 Å². The van der Waals surface area contributed by atoms with Crippen molar-refractivity contribution in [2.75, 3.05) is 0 Å². The molecule has 3 heterocycles. The summed E-state index contributed by atoms with van der Waals surface area (Å²) in [4.78, 5) is 4.97. The summed E-state index contributed by atoms with van der Waals surface area (Å²) in [5, 5.41) is 2.00. The van der Waals surface area contributed by atoms with Crippen molar-refractivity contribution in [2.45, 2.75) is 58.7 Å². The maximum atomic E-state index is 8.64. The van der Waals surface area contributed by atoms with E-state index >= 15 is 0 Å². The van der Waals surface area contributed by atoms with Gasteiger partial charge in [-0.1, -0.05) is 45.0 Å². The number of pyridine rings is 1. The molecule has 5 aromatic carbocycles. The summed E-state index contributed by atoms with van der Waals surface area (Å²) in [5.41, 5.74) is 8.93. The van der Waals surface area contributed by atoms with Crippen LogP contribution in [0.5, 0.6) is 11.5 Å². The van der Waals surface area contributed by atoms with Crippen LogP contribution in [0.15, 0.2) is 103 Å². The molecule has 262 valence electrons. The predicted molar refractivity (Wildman–Crippen MR) is 207 cm³/mol. The van der Waals surface area contributed by atoms with Crippen LogP contribution in [0.1, 0.15) is 64.1 Å². The third-order valence-corrected chi connectivity index (χ3v) is 11.2. The molecule has 0 unspecified atom stereocenters. The van der Waals surface area contributed by atoms with Gasteiger partial charge in [-0.25, -0.2) is 0 Å². The van der Waals surface area contributed by atoms with Crippen LogP contribution < -0.4 is 4.74 Å². The van der Waals surface area contributed by atoms with Gasteiger partial charge in [-0.2, -0.15) is 0 Å². The number of aryl methyl sites for hydroxylation is 4. The molecule has 1 aliphatic rings. The molecular weight excluding hydrogens is 820 g/mol. The van der Waals surface area contributed by atoms with Crippen LogP contribution in [0.3, 0.4) is 0 Å². The summed E-state index contributed by atoms with van der Waals surface area (Å²) >= 11 is 2.05. The molecule has 6 heteroatoms. The number of imidazole rings is 1. The Hall–Kier alpha value is -4.99. The standard InChI is InChI=1S/C46H40N4O.Pt/c1-30-23-45(47-28-40(30)31-17-19-34(20-18-31)46(2,3)4)50-43-25-33-12-7-6-11-32(33)24-39(43)38-22-21-37(27-44(38)50)51-36-14-10-13-35(26-36)49-29-48(5)41-15-8-9-16-42(41)49;/h8-10,13-25,28H,6-7,11-12H2,1-5H3;/q-2;/i1D3,5D3;. The first-order chi connectivity index (χ1) is 27.6. The third kappa shape index (κ3) is 5.58. The summed E-state index contributed by atoms with van der Waals surface area (Å²) in [7, 11) is 0. The summed E-state index contributed by atoms with van der Waals surface area (Å²) in [6.45, 7) is 1.68. The Bertz CT molecular complexity index is 2970. The molecule has 9 rings (SSSR count). The molecule has 0 spiro atoms. The molecule has 0 fully saturated rings. The van der Waals surface area contributed by atoms with Gasteiger partial charge < -0.3 is 0 Å². The van der Waals surface area contributed by atoms with Crippen molar-refractivity contribution >= 4 is 32.8 Å². The minimum absolute atomic E-state index is 0.0378. The zero-order chi connectivity index (χ0) is 40.7. The fourth-order valence-corrected chi connectivity index (χ4v) is 8.31. The van der Waals surface area contributed by atoms with E-state index in [1.54, 1.807) is 24.4 Å². The van der Waals surface area contributed by atoms with Crippen molar-refractivity contribution in [3.05, 3.63) is 141 Å². The van der Waals surface area contributed by atoms with Gasteiger partial charge in [0.1, 0.15) is 0 Å². The molecule has 8 aromatic rings. The Morgan fingerprint density at radius 3 is 2.31 bits per heavy atom. The zero-order valence-corrected chi connectivity index (χ0v) is 31.4. The first-order valence-electron chi connectivity index (χ1n) is 20.6. The second kappa shape index (κ2) is 12.6. The first-order valence-corrected chi connectivity index (χ1v) is 18.7. The van der Waals surface area contributed by atoms with E-state index in [0.717, 1.165) is 58.6 Å². The van der Waals surface area contributed by atoms with Gasteiger partial charge in [0.2, 0.25) is 0 Å². The van der Waals surface area contributed by atoms with Crippen LogP contribution in [0, 0.1) is 22.8 Å². The number of hydrogen-bond acceptors (Lipinski definition) is 2. The molecule has 5 nitrogen and oxygen atoms in total.